The summed E-state index contributed by atoms with van der Waals surface area (Å²) in [5, 5.41) is 5.88. The van der Waals surface area contributed by atoms with Crippen molar-refractivity contribution in [1.29, 1.82) is 0 Å². The molecule has 1 aromatic heterocycles. The van der Waals surface area contributed by atoms with Gasteiger partial charge in [0, 0.05) is 38.2 Å². The third-order valence-electron chi connectivity index (χ3n) is 6.77. The molecule has 0 radical (unpaired) electrons. The van der Waals surface area contributed by atoms with Gasteiger partial charge in [-0.15, -0.1) is 0 Å². The molecule has 34 heavy (non-hydrogen) atoms. The zero-order chi connectivity index (χ0) is 24.0. The first-order valence-corrected chi connectivity index (χ1v) is 11.2. The molecule has 2 N–H and O–H groups in total. The summed E-state index contributed by atoms with van der Waals surface area (Å²) in [5.41, 5.74) is 1.90. The normalized spacial score (nSPS) is 22.2. The number of benzene rings is 2. The van der Waals surface area contributed by atoms with Crippen LogP contribution in [0.4, 0.5) is 8.78 Å². The van der Waals surface area contributed by atoms with E-state index in [0.29, 0.717) is 23.3 Å². The molecule has 3 atom stereocenters. The molecule has 5 rings (SSSR count). The van der Waals surface area contributed by atoms with E-state index in [9.17, 15) is 18.4 Å². The Morgan fingerprint density at radius 2 is 2.12 bits per heavy atom. The molecule has 2 amide bonds. The lowest BCUT2D eigenvalue weighted by molar-refractivity contribution is -0.136. The molecular weight excluding hydrogens is 444 g/mol. The number of carbonyl (C=O) groups excluding carboxylic acids is 2. The van der Waals surface area contributed by atoms with Crippen molar-refractivity contribution in [3.05, 3.63) is 53.9 Å². The molecule has 0 spiro atoms. The van der Waals surface area contributed by atoms with Gasteiger partial charge in [-0.3, -0.25) is 9.59 Å². The van der Waals surface area contributed by atoms with Crippen molar-refractivity contribution in [2.24, 2.45) is 5.92 Å². The van der Waals surface area contributed by atoms with Crippen LogP contribution in [0.1, 0.15) is 17.9 Å². The number of hydrogen-bond donors (Lipinski definition) is 2. The predicted molar refractivity (Wildman–Crippen MR) is 121 cm³/mol. The molecule has 2 saturated heterocycles. The van der Waals surface area contributed by atoms with Crippen molar-refractivity contribution < 1.29 is 23.1 Å². The summed E-state index contributed by atoms with van der Waals surface area (Å²) in [6.07, 6.45) is 2.36. The Bertz CT molecular complexity index is 1280. The molecule has 0 bridgehead atoms. The van der Waals surface area contributed by atoms with E-state index in [4.69, 9.17) is 4.74 Å². The van der Waals surface area contributed by atoms with Crippen LogP contribution in [0.25, 0.3) is 11.0 Å². The van der Waals surface area contributed by atoms with Crippen molar-refractivity contribution in [2.75, 3.05) is 27.2 Å². The van der Waals surface area contributed by atoms with Crippen LogP contribution < -0.4 is 15.4 Å². The number of carbonyl (C=O) groups is 2. The first-order chi connectivity index (χ1) is 16.4. The van der Waals surface area contributed by atoms with Gasteiger partial charge in [0.1, 0.15) is 17.9 Å². The van der Waals surface area contributed by atoms with E-state index in [-0.39, 0.29) is 42.0 Å². The second-order valence-electron chi connectivity index (χ2n) is 8.78. The molecule has 2 fully saturated rings. The van der Waals surface area contributed by atoms with Crippen molar-refractivity contribution in [2.45, 2.75) is 24.9 Å². The summed E-state index contributed by atoms with van der Waals surface area (Å²) >= 11 is 0. The van der Waals surface area contributed by atoms with E-state index in [1.54, 1.807) is 23.6 Å². The molecule has 10 heteroatoms. The van der Waals surface area contributed by atoms with Crippen LogP contribution >= 0.6 is 0 Å². The van der Waals surface area contributed by atoms with Crippen LogP contribution in [0.15, 0.2) is 36.7 Å². The zero-order valence-electron chi connectivity index (χ0n) is 18.8. The summed E-state index contributed by atoms with van der Waals surface area (Å²) in [5.74, 6) is -1.47. The number of hydrogen-bond acceptors (Lipinski definition) is 5. The first kappa shape index (κ1) is 22.3. The standard InChI is InChI=1S/C24H25F2N5O3/c1-27-20(32)11-31-12-29-22-18(31)5-4-15(23(22)34-19-6-3-13(25)9-17(19)26)16-10-30(2)24(33)21-14(16)7-8-28-21/h3-6,9,12,14,16,21,28H,7-8,10-11H2,1-2H3,(H,27,32). The molecule has 3 unspecified atom stereocenters. The molecule has 2 aromatic carbocycles. The lowest BCUT2D eigenvalue weighted by Crippen LogP contribution is -2.52. The number of imidazole rings is 1. The maximum absolute atomic E-state index is 14.6. The fourth-order valence-electron chi connectivity index (χ4n) is 5.06. The van der Waals surface area contributed by atoms with Gasteiger partial charge >= 0.3 is 0 Å². The fraction of sp³-hybridized carbons (Fsp3) is 0.375. The average molecular weight is 469 g/mol. The number of aromatic nitrogens is 2. The number of halogens is 2. The molecule has 178 valence electrons. The number of amides is 2. The van der Waals surface area contributed by atoms with Gasteiger partial charge in [-0.1, -0.05) is 6.07 Å². The smallest absolute Gasteiger partial charge is 0.239 e. The zero-order valence-corrected chi connectivity index (χ0v) is 18.8. The summed E-state index contributed by atoms with van der Waals surface area (Å²) in [6.45, 7) is 1.28. The monoisotopic (exact) mass is 469 g/mol. The minimum atomic E-state index is -0.830. The minimum absolute atomic E-state index is 0.0505. The second-order valence-corrected chi connectivity index (χ2v) is 8.78. The van der Waals surface area contributed by atoms with Crippen molar-refractivity contribution >= 4 is 22.8 Å². The van der Waals surface area contributed by atoms with Crippen LogP contribution in [-0.4, -0.2) is 59.5 Å². The van der Waals surface area contributed by atoms with Crippen LogP contribution in [0, 0.1) is 17.6 Å². The van der Waals surface area contributed by atoms with Crippen LogP contribution in [0.3, 0.4) is 0 Å². The molecular formula is C24H25F2N5O3. The van der Waals surface area contributed by atoms with Gasteiger partial charge in [0.15, 0.2) is 17.3 Å². The van der Waals surface area contributed by atoms with Crippen LogP contribution in [0.2, 0.25) is 0 Å². The van der Waals surface area contributed by atoms with E-state index in [1.807, 2.05) is 12.1 Å². The Morgan fingerprint density at radius 1 is 1.29 bits per heavy atom. The molecule has 3 aromatic rings. The number of nitrogens with one attached hydrogen (secondary N) is 2. The van der Waals surface area contributed by atoms with Gasteiger partial charge in [0.05, 0.1) is 17.9 Å². The third-order valence-corrected chi connectivity index (χ3v) is 6.77. The van der Waals surface area contributed by atoms with E-state index < -0.39 is 11.6 Å². The van der Waals surface area contributed by atoms with Gasteiger partial charge in [-0.05, 0) is 37.1 Å². The number of fused-ring (bicyclic) bond motifs is 2. The highest BCUT2D eigenvalue weighted by molar-refractivity contribution is 5.87. The highest BCUT2D eigenvalue weighted by Crippen LogP contribution is 2.44. The van der Waals surface area contributed by atoms with Crippen LogP contribution in [-0.2, 0) is 16.1 Å². The number of piperidine rings is 1. The second kappa shape index (κ2) is 8.68. The van der Waals surface area contributed by atoms with E-state index in [1.165, 1.54) is 12.4 Å². The molecule has 8 nitrogen and oxygen atoms in total. The Kier molecular flexibility index (Phi) is 5.68. The van der Waals surface area contributed by atoms with Crippen molar-refractivity contribution in [3.63, 3.8) is 0 Å². The van der Waals surface area contributed by atoms with Crippen molar-refractivity contribution in [1.82, 2.24) is 25.1 Å². The topological polar surface area (TPSA) is 88.5 Å². The highest BCUT2D eigenvalue weighted by Gasteiger charge is 2.45. The molecule has 2 aliphatic rings. The third kappa shape index (κ3) is 3.77. The summed E-state index contributed by atoms with van der Waals surface area (Å²) in [6, 6.07) is 6.61. The number of likely N-dealkylation sites (tertiary alicyclic amines) is 1. The number of ether oxygens (including phenoxy) is 1. The lowest BCUT2D eigenvalue weighted by Gasteiger charge is -2.39. The first-order valence-electron chi connectivity index (χ1n) is 11.2. The van der Waals surface area contributed by atoms with Gasteiger partial charge in [-0.2, -0.15) is 0 Å². The summed E-state index contributed by atoms with van der Waals surface area (Å²) in [7, 11) is 3.32. The molecule has 2 aliphatic heterocycles. The quantitative estimate of drug-likeness (QED) is 0.599. The van der Waals surface area contributed by atoms with Crippen LogP contribution in [0.5, 0.6) is 11.5 Å². The maximum atomic E-state index is 14.6. The SMILES string of the molecule is CNC(=O)Cn1cnc2c(Oc3ccc(F)cc3F)c(C3CN(C)C(=O)C4NCCC43)ccc21. The summed E-state index contributed by atoms with van der Waals surface area (Å²) < 4.78 is 35.8. The largest absolute Gasteiger partial charge is 0.452 e. The number of likely N-dealkylation sites (N-methyl/N-ethyl adjacent to an activating group) is 2. The molecule has 0 aliphatic carbocycles. The Balaban J connectivity index is 1.64. The van der Waals surface area contributed by atoms with Gasteiger partial charge in [0.25, 0.3) is 0 Å². The maximum Gasteiger partial charge on any atom is 0.239 e. The van der Waals surface area contributed by atoms with E-state index in [2.05, 4.69) is 15.6 Å². The summed E-state index contributed by atoms with van der Waals surface area (Å²) in [4.78, 5) is 30.8. The van der Waals surface area contributed by atoms with Gasteiger partial charge in [-0.25, -0.2) is 13.8 Å². The number of nitrogens with zero attached hydrogens (tertiary/aromatic N) is 3. The lowest BCUT2D eigenvalue weighted by atomic mass is 9.77. The Labute approximate surface area is 194 Å². The van der Waals surface area contributed by atoms with E-state index in [0.717, 1.165) is 30.7 Å². The van der Waals surface area contributed by atoms with E-state index >= 15 is 0 Å². The van der Waals surface area contributed by atoms with Gasteiger partial charge in [0.2, 0.25) is 11.8 Å². The Morgan fingerprint density at radius 3 is 2.88 bits per heavy atom. The fourth-order valence-corrected chi connectivity index (χ4v) is 5.06. The Hall–Kier alpha value is -3.53. The highest BCUT2D eigenvalue weighted by atomic mass is 19.1. The average Bonchev–Trinajstić information content (AvgIpc) is 3.46. The minimum Gasteiger partial charge on any atom is -0.452 e. The predicted octanol–water partition coefficient (Wildman–Crippen LogP) is 2.39. The van der Waals surface area contributed by atoms with Gasteiger partial charge < -0.3 is 24.8 Å². The molecule has 3 heterocycles. The molecule has 0 saturated carbocycles. The number of rotatable bonds is 5. The van der Waals surface area contributed by atoms with Crippen molar-refractivity contribution in [3.8, 4) is 11.5 Å².